The number of hydrogen-bond acceptors (Lipinski definition) is 4. The molecule has 0 aromatic carbocycles. The molecule has 0 radical (unpaired) electrons. The maximum absolute atomic E-state index is 11.9. The first-order valence-corrected chi connectivity index (χ1v) is 4.88. The number of pyridine rings is 1. The summed E-state index contributed by atoms with van der Waals surface area (Å²) in [6, 6.07) is 2.99. The first-order valence-electron chi connectivity index (χ1n) is 4.88. The van der Waals surface area contributed by atoms with Crippen LogP contribution in [0.15, 0.2) is 31.0 Å². The lowest BCUT2D eigenvalue weighted by atomic mass is 10.3. The standard InChI is InChI=1S/C11H13N3O3/c1-2-5-14(7-10(15)16)11(17)9-4-3-8(12)6-13-9/h2-4,6H,1,5,7,12H2,(H,15,16). The van der Waals surface area contributed by atoms with Crippen LogP contribution in [0.3, 0.4) is 0 Å². The van der Waals surface area contributed by atoms with Crippen LogP contribution in [0.1, 0.15) is 10.5 Å². The summed E-state index contributed by atoms with van der Waals surface area (Å²) in [5.41, 5.74) is 6.04. The fourth-order valence-electron chi connectivity index (χ4n) is 1.23. The van der Waals surface area contributed by atoms with E-state index in [1.807, 2.05) is 0 Å². The van der Waals surface area contributed by atoms with Gasteiger partial charge in [0.15, 0.2) is 0 Å². The highest BCUT2D eigenvalue weighted by molar-refractivity contribution is 5.94. The number of hydrogen-bond donors (Lipinski definition) is 2. The van der Waals surface area contributed by atoms with Crippen LogP contribution in [-0.2, 0) is 4.79 Å². The summed E-state index contributed by atoms with van der Waals surface area (Å²) < 4.78 is 0. The number of aliphatic carboxylic acids is 1. The molecule has 0 bridgehead atoms. The van der Waals surface area contributed by atoms with E-state index >= 15 is 0 Å². The predicted molar refractivity (Wildman–Crippen MR) is 62.4 cm³/mol. The van der Waals surface area contributed by atoms with Gasteiger partial charge in [0.25, 0.3) is 5.91 Å². The Labute approximate surface area is 98.4 Å². The van der Waals surface area contributed by atoms with Crippen LogP contribution < -0.4 is 5.73 Å². The molecule has 0 unspecified atom stereocenters. The van der Waals surface area contributed by atoms with Crippen molar-refractivity contribution < 1.29 is 14.7 Å². The fraction of sp³-hybridized carbons (Fsp3) is 0.182. The second-order valence-electron chi connectivity index (χ2n) is 3.34. The number of nitrogens with two attached hydrogens (primary N) is 1. The van der Waals surface area contributed by atoms with Crippen molar-refractivity contribution >= 4 is 17.6 Å². The predicted octanol–water partition coefficient (Wildman–Crippen LogP) is 0.377. The maximum Gasteiger partial charge on any atom is 0.323 e. The van der Waals surface area contributed by atoms with Crippen LogP contribution in [0.2, 0.25) is 0 Å². The first-order chi connectivity index (χ1) is 8.04. The van der Waals surface area contributed by atoms with E-state index in [1.54, 1.807) is 0 Å². The molecule has 6 nitrogen and oxygen atoms in total. The highest BCUT2D eigenvalue weighted by Gasteiger charge is 2.18. The minimum Gasteiger partial charge on any atom is -0.480 e. The molecule has 0 aliphatic rings. The third kappa shape index (κ3) is 3.60. The van der Waals surface area contributed by atoms with Crippen LogP contribution >= 0.6 is 0 Å². The zero-order valence-corrected chi connectivity index (χ0v) is 9.17. The zero-order valence-electron chi connectivity index (χ0n) is 9.17. The van der Waals surface area contributed by atoms with Gasteiger partial charge in [0, 0.05) is 6.54 Å². The topological polar surface area (TPSA) is 96.5 Å². The van der Waals surface area contributed by atoms with Gasteiger partial charge in [-0.2, -0.15) is 0 Å². The number of nitrogens with zero attached hydrogens (tertiary/aromatic N) is 2. The number of rotatable bonds is 5. The highest BCUT2D eigenvalue weighted by Crippen LogP contribution is 2.05. The van der Waals surface area contributed by atoms with Gasteiger partial charge in [-0.15, -0.1) is 6.58 Å². The summed E-state index contributed by atoms with van der Waals surface area (Å²) in [5, 5.41) is 8.68. The van der Waals surface area contributed by atoms with E-state index in [4.69, 9.17) is 10.8 Å². The molecular weight excluding hydrogens is 222 g/mol. The van der Waals surface area contributed by atoms with Gasteiger partial charge >= 0.3 is 5.97 Å². The van der Waals surface area contributed by atoms with Crippen molar-refractivity contribution in [2.75, 3.05) is 18.8 Å². The largest absolute Gasteiger partial charge is 0.480 e. The fourth-order valence-corrected chi connectivity index (χ4v) is 1.23. The van der Waals surface area contributed by atoms with E-state index in [2.05, 4.69) is 11.6 Å². The Balaban J connectivity index is 2.86. The number of carbonyl (C=O) groups is 2. The molecule has 0 aliphatic heterocycles. The van der Waals surface area contributed by atoms with E-state index in [-0.39, 0.29) is 12.2 Å². The van der Waals surface area contributed by atoms with E-state index in [9.17, 15) is 9.59 Å². The molecule has 0 saturated heterocycles. The van der Waals surface area contributed by atoms with Gasteiger partial charge in [-0.05, 0) is 12.1 Å². The minimum absolute atomic E-state index is 0.150. The Morgan fingerprint density at radius 3 is 2.71 bits per heavy atom. The van der Waals surface area contributed by atoms with Crippen LogP contribution in [0.25, 0.3) is 0 Å². The second kappa shape index (κ2) is 5.64. The van der Waals surface area contributed by atoms with Gasteiger partial charge in [0.1, 0.15) is 12.2 Å². The third-order valence-electron chi connectivity index (χ3n) is 1.97. The van der Waals surface area contributed by atoms with Crippen LogP contribution in [0.5, 0.6) is 0 Å². The lowest BCUT2D eigenvalue weighted by Gasteiger charge is -2.18. The number of anilines is 1. The van der Waals surface area contributed by atoms with Crippen molar-refractivity contribution in [3.63, 3.8) is 0 Å². The number of amides is 1. The minimum atomic E-state index is -1.09. The van der Waals surface area contributed by atoms with E-state index in [1.165, 1.54) is 24.4 Å². The maximum atomic E-state index is 11.9. The van der Waals surface area contributed by atoms with Gasteiger partial charge in [0.05, 0.1) is 11.9 Å². The Morgan fingerprint density at radius 1 is 1.53 bits per heavy atom. The van der Waals surface area contributed by atoms with Crippen molar-refractivity contribution in [1.82, 2.24) is 9.88 Å². The third-order valence-corrected chi connectivity index (χ3v) is 1.97. The van der Waals surface area contributed by atoms with Crippen LogP contribution in [0.4, 0.5) is 5.69 Å². The summed E-state index contributed by atoms with van der Waals surface area (Å²) in [6.45, 7) is 3.23. The molecule has 0 fully saturated rings. The first kappa shape index (κ1) is 12.7. The molecule has 90 valence electrons. The number of carbonyl (C=O) groups excluding carboxylic acids is 1. The lowest BCUT2D eigenvalue weighted by molar-refractivity contribution is -0.137. The zero-order chi connectivity index (χ0) is 12.8. The smallest absolute Gasteiger partial charge is 0.323 e. The van der Waals surface area contributed by atoms with E-state index < -0.39 is 18.4 Å². The monoisotopic (exact) mass is 235 g/mol. The summed E-state index contributed by atoms with van der Waals surface area (Å²) >= 11 is 0. The summed E-state index contributed by atoms with van der Waals surface area (Å²) in [5.74, 6) is -1.55. The lowest BCUT2D eigenvalue weighted by Crippen LogP contribution is -2.36. The summed E-state index contributed by atoms with van der Waals surface area (Å²) in [4.78, 5) is 27.5. The molecule has 0 aliphatic carbocycles. The molecule has 3 N–H and O–H groups in total. The van der Waals surface area contributed by atoms with Crippen molar-refractivity contribution in [1.29, 1.82) is 0 Å². The number of aromatic nitrogens is 1. The normalized spacial score (nSPS) is 9.65. The quantitative estimate of drug-likeness (QED) is 0.719. The average Bonchev–Trinajstić information content (AvgIpc) is 2.28. The van der Waals surface area contributed by atoms with Crippen molar-refractivity contribution in [2.24, 2.45) is 0 Å². The van der Waals surface area contributed by atoms with Gasteiger partial charge in [-0.25, -0.2) is 4.98 Å². The number of carboxylic acids is 1. The molecule has 6 heteroatoms. The molecular formula is C11H13N3O3. The molecule has 1 rings (SSSR count). The molecule has 0 atom stereocenters. The molecule has 1 heterocycles. The van der Waals surface area contributed by atoms with Gasteiger partial charge < -0.3 is 15.7 Å². The second-order valence-corrected chi connectivity index (χ2v) is 3.34. The van der Waals surface area contributed by atoms with Crippen molar-refractivity contribution in [3.8, 4) is 0 Å². The van der Waals surface area contributed by atoms with Gasteiger partial charge in [-0.3, -0.25) is 9.59 Å². The average molecular weight is 235 g/mol. The highest BCUT2D eigenvalue weighted by atomic mass is 16.4. The Hall–Kier alpha value is -2.37. The Kier molecular flexibility index (Phi) is 4.21. The number of carboxylic acid groups (broad SMARTS) is 1. The van der Waals surface area contributed by atoms with Crippen molar-refractivity contribution in [3.05, 3.63) is 36.7 Å². The molecule has 0 saturated carbocycles. The summed E-state index contributed by atoms with van der Waals surface area (Å²) in [6.07, 6.45) is 2.80. The van der Waals surface area contributed by atoms with Crippen molar-refractivity contribution in [2.45, 2.75) is 0 Å². The SMILES string of the molecule is C=CCN(CC(=O)O)C(=O)c1ccc(N)cn1. The van der Waals surface area contributed by atoms with Crippen LogP contribution in [-0.4, -0.2) is 40.0 Å². The molecule has 1 aromatic rings. The Morgan fingerprint density at radius 2 is 2.24 bits per heavy atom. The summed E-state index contributed by atoms with van der Waals surface area (Å²) in [7, 11) is 0. The van der Waals surface area contributed by atoms with Crippen LogP contribution in [0, 0.1) is 0 Å². The Bertz CT molecular complexity index is 428. The molecule has 17 heavy (non-hydrogen) atoms. The van der Waals surface area contributed by atoms with E-state index in [0.717, 1.165) is 4.90 Å². The number of nitrogen functional groups attached to an aromatic ring is 1. The van der Waals surface area contributed by atoms with Gasteiger partial charge in [0.2, 0.25) is 0 Å². The van der Waals surface area contributed by atoms with E-state index in [0.29, 0.717) is 5.69 Å². The molecule has 1 amide bonds. The molecule has 1 aromatic heterocycles. The van der Waals surface area contributed by atoms with Gasteiger partial charge in [-0.1, -0.05) is 6.08 Å². The molecule has 0 spiro atoms.